The summed E-state index contributed by atoms with van der Waals surface area (Å²) in [5.41, 5.74) is -4.67. The van der Waals surface area contributed by atoms with Gasteiger partial charge in [0.15, 0.2) is 0 Å². The number of nitrogens with one attached hydrogen (secondary N) is 1. The number of halogens is 6. The number of carbonyl (C=O) groups is 1. The summed E-state index contributed by atoms with van der Waals surface area (Å²) in [5, 5.41) is 10.7. The minimum Gasteiger partial charge on any atom is -0.399 e. The Balaban J connectivity index is 1.72. The van der Waals surface area contributed by atoms with Crippen molar-refractivity contribution in [3.8, 4) is 0 Å². The maximum atomic E-state index is 14.3. The van der Waals surface area contributed by atoms with Gasteiger partial charge in [0, 0.05) is 23.1 Å². The van der Waals surface area contributed by atoms with Crippen LogP contribution in [0.3, 0.4) is 0 Å². The second-order valence-electron chi connectivity index (χ2n) is 8.10. The van der Waals surface area contributed by atoms with Crippen molar-refractivity contribution in [2.45, 2.75) is 24.4 Å². The van der Waals surface area contributed by atoms with Crippen molar-refractivity contribution in [1.29, 1.82) is 0 Å². The molecule has 3 aromatic rings. The molecule has 1 heterocycles. The van der Waals surface area contributed by atoms with E-state index >= 15 is 0 Å². The maximum absolute atomic E-state index is 14.3. The van der Waals surface area contributed by atoms with Crippen molar-refractivity contribution < 1.29 is 40.8 Å². The van der Waals surface area contributed by atoms with E-state index in [1.54, 1.807) is 24.3 Å². The summed E-state index contributed by atoms with van der Waals surface area (Å²) < 4.78 is 82.6. The van der Waals surface area contributed by atoms with Gasteiger partial charge in [-0.1, -0.05) is 52.8 Å². The van der Waals surface area contributed by atoms with E-state index < -0.39 is 41.4 Å². The van der Waals surface area contributed by atoms with Crippen LogP contribution in [0.15, 0.2) is 71.0 Å². The van der Waals surface area contributed by atoms with Crippen LogP contribution in [0.1, 0.15) is 33.5 Å². The molecule has 0 radical (unpaired) electrons. The Bertz CT molecular complexity index is 1380. The standard InChI is InChI=1S/C25H19F6N3O3/c1-36-33-12-11-32-22(35)20-10-9-19(17-7-2-3-8-18(17)20)21-14-23(37-34-21,25(29,30)31)15-5-4-6-16(13-15)24(26,27)28/h2-10,12-13H,11,14H2,1H3,(H,32,35)/b33-12-. The van der Waals surface area contributed by atoms with Gasteiger partial charge in [-0.25, -0.2) is 0 Å². The summed E-state index contributed by atoms with van der Waals surface area (Å²) in [7, 11) is 1.35. The summed E-state index contributed by atoms with van der Waals surface area (Å²) in [4.78, 5) is 22.1. The highest BCUT2D eigenvalue weighted by Gasteiger charge is 2.62. The maximum Gasteiger partial charge on any atom is 0.435 e. The third-order valence-corrected chi connectivity index (χ3v) is 5.86. The molecule has 6 nitrogen and oxygen atoms in total. The molecule has 0 saturated heterocycles. The SMILES string of the molecule is CO/N=C\CNC(=O)c1ccc(C2=NOC(c3cccc(C(F)(F)F)c3)(C(F)(F)F)C2)c2ccccc12. The fourth-order valence-corrected chi connectivity index (χ4v) is 4.09. The normalized spacial score (nSPS) is 18.1. The van der Waals surface area contributed by atoms with E-state index in [1.807, 2.05) is 0 Å². The van der Waals surface area contributed by atoms with Gasteiger partial charge in [0.1, 0.15) is 7.11 Å². The highest BCUT2D eigenvalue weighted by Crippen LogP contribution is 2.50. The Morgan fingerprint density at radius 2 is 1.81 bits per heavy atom. The van der Waals surface area contributed by atoms with E-state index in [0.717, 1.165) is 12.1 Å². The summed E-state index contributed by atoms with van der Waals surface area (Å²) in [6.45, 7) is 0.0778. The smallest absolute Gasteiger partial charge is 0.399 e. The first-order valence-electron chi connectivity index (χ1n) is 10.8. The quantitative estimate of drug-likeness (QED) is 0.252. The molecule has 194 valence electrons. The minimum absolute atomic E-state index is 0.0778. The molecule has 0 aliphatic carbocycles. The second kappa shape index (κ2) is 9.75. The number of carbonyl (C=O) groups excluding carboxylic acids is 1. The van der Waals surface area contributed by atoms with Crippen molar-refractivity contribution >= 4 is 28.6 Å². The van der Waals surface area contributed by atoms with Crippen molar-refractivity contribution in [3.05, 3.63) is 82.9 Å². The largest absolute Gasteiger partial charge is 0.435 e. The Morgan fingerprint density at radius 3 is 2.49 bits per heavy atom. The van der Waals surface area contributed by atoms with Crippen LogP contribution in [-0.2, 0) is 21.5 Å². The number of rotatable bonds is 6. The number of nitrogens with zero attached hydrogens (tertiary/aromatic N) is 2. The summed E-state index contributed by atoms with van der Waals surface area (Å²) in [6, 6.07) is 12.3. The molecular formula is C25H19F6N3O3. The van der Waals surface area contributed by atoms with E-state index in [2.05, 4.69) is 20.5 Å². The van der Waals surface area contributed by atoms with E-state index in [1.165, 1.54) is 25.5 Å². The Kier molecular flexibility index (Phi) is 6.85. The summed E-state index contributed by atoms with van der Waals surface area (Å²) in [6.07, 6.45) is -9.45. The fourth-order valence-electron chi connectivity index (χ4n) is 4.09. The molecule has 1 unspecified atom stereocenters. The second-order valence-corrected chi connectivity index (χ2v) is 8.10. The van der Waals surface area contributed by atoms with Crippen LogP contribution in [0.5, 0.6) is 0 Å². The van der Waals surface area contributed by atoms with Crippen LogP contribution in [0.2, 0.25) is 0 Å². The molecule has 1 aliphatic rings. The van der Waals surface area contributed by atoms with E-state index in [-0.39, 0.29) is 23.4 Å². The molecule has 0 saturated carbocycles. The van der Waals surface area contributed by atoms with Crippen molar-refractivity contribution in [2.75, 3.05) is 13.7 Å². The number of hydrogen-bond donors (Lipinski definition) is 1. The first-order valence-corrected chi connectivity index (χ1v) is 10.8. The number of benzene rings is 3. The van der Waals surface area contributed by atoms with Gasteiger partial charge in [-0.2, -0.15) is 26.3 Å². The lowest BCUT2D eigenvalue weighted by Gasteiger charge is -2.30. The zero-order valence-electron chi connectivity index (χ0n) is 19.2. The molecule has 0 spiro atoms. The molecule has 0 bridgehead atoms. The van der Waals surface area contributed by atoms with Crippen LogP contribution in [-0.4, -0.2) is 37.7 Å². The highest BCUT2D eigenvalue weighted by molar-refractivity contribution is 6.16. The van der Waals surface area contributed by atoms with Gasteiger partial charge in [-0.15, -0.1) is 0 Å². The van der Waals surface area contributed by atoms with Crippen LogP contribution < -0.4 is 5.32 Å². The molecule has 1 N–H and O–H groups in total. The average Bonchev–Trinajstić information content (AvgIpc) is 3.32. The van der Waals surface area contributed by atoms with Crippen LogP contribution in [0.25, 0.3) is 10.8 Å². The molecule has 1 aliphatic heterocycles. The average molecular weight is 523 g/mol. The number of alkyl halides is 6. The molecule has 4 rings (SSSR count). The Morgan fingerprint density at radius 1 is 1.08 bits per heavy atom. The summed E-state index contributed by atoms with van der Waals surface area (Å²) in [5.74, 6) is -0.455. The third-order valence-electron chi connectivity index (χ3n) is 5.86. The van der Waals surface area contributed by atoms with Gasteiger partial charge in [0.25, 0.3) is 11.5 Å². The lowest BCUT2D eigenvalue weighted by molar-refractivity contribution is -0.276. The number of fused-ring (bicyclic) bond motifs is 1. The fraction of sp³-hybridized carbons (Fsp3) is 0.240. The molecule has 3 aromatic carbocycles. The van der Waals surface area contributed by atoms with Gasteiger partial charge in [-0.3, -0.25) is 4.79 Å². The van der Waals surface area contributed by atoms with Gasteiger partial charge in [-0.05, 0) is 29.0 Å². The van der Waals surface area contributed by atoms with Crippen molar-refractivity contribution in [3.63, 3.8) is 0 Å². The molecule has 12 heteroatoms. The van der Waals surface area contributed by atoms with Crippen LogP contribution in [0.4, 0.5) is 26.3 Å². The topological polar surface area (TPSA) is 72.3 Å². The molecule has 37 heavy (non-hydrogen) atoms. The van der Waals surface area contributed by atoms with Crippen LogP contribution in [0, 0.1) is 0 Å². The van der Waals surface area contributed by atoms with Gasteiger partial charge < -0.3 is 15.0 Å². The zero-order valence-corrected chi connectivity index (χ0v) is 19.2. The van der Waals surface area contributed by atoms with E-state index in [9.17, 15) is 31.1 Å². The predicted molar refractivity (Wildman–Crippen MR) is 123 cm³/mol. The molecular weight excluding hydrogens is 504 g/mol. The van der Waals surface area contributed by atoms with E-state index in [4.69, 9.17) is 4.84 Å². The predicted octanol–water partition coefficient (Wildman–Crippen LogP) is 5.80. The van der Waals surface area contributed by atoms with Gasteiger partial charge in [0.05, 0.1) is 24.0 Å². The third kappa shape index (κ3) is 4.95. The monoisotopic (exact) mass is 523 g/mol. The number of amides is 1. The molecule has 1 atom stereocenters. The van der Waals surface area contributed by atoms with Crippen LogP contribution >= 0.6 is 0 Å². The minimum atomic E-state index is -5.08. The lowest BCUT2D eigenvalue weighted by Crippen LogP contribution is -2.42. The summed E-state index contributed by atoms with van der Waals surface area (Å²) >= 11 is 0. The Hall–Kier alpha value is -4.09. The van der Waals surface area contributed by atoms with Crippen molar-refractivity contribution in [2.24, 2.45) is 10.3 Å². The first kappa shape index (κ1) is 26.0. The zero-order chi connectivity index (χ0) is 26.8. The Labute approximate surface area is 206 Å². The molecule has 0 aromatic heterocycles. The van der Waals surface area contributed by atoms with Gasteiger partial charge in [0.2, 0.25) is 0 Å². The molecule has 0 fully saturated rings. The number of oxime groups is 2. The lowest BCUT2D eigenvalue weighted by atomic mass is 9.84. The first-order chi connectivity index (χ1) is 17.5. The van der Waals surface area contributed by atoms with Gasteiger partial charge >= 0.3 is 12.4 Å². The van der Waals surface area contributed by atoms with Crippen molar-refractivity contribution in [1.82, 2.24) is 5.32 Å². The molecule has 1 amide bonds. The number of hydrogen-bond acceptors (Lipinski definition) is 5. The highest BCUT2D eigenvalue weighted by atomic mass is 19.4. The van der Waals surface area contributed by atoms with E-state index in [0.29, 0.717) is 22.9 Å².